The highest BCUT2D eigenvalue weighted by Gasteiger charge is 2.42. The van der Waals surface area contributed by atoms with Crippen LogP contribution in [0.1, 0.15) is 31.2 Å². The zero-order valence-corrected chi connectivity index (χ0v) is 22.3. The second-order valence-electron chi connectivity index (χ2n) is 9.35. The summed E-state index contributed by atoms with van der Waals surface area (Å²) in [7, 11) is 1.14. The molecule has 1 atom stereocenters. The lowest BCUT2D eigenvalue weighted by molar-refractivity contribution is -0.140. The van der Waals surface area contributed by atoms with Crippen molar-refractivity contribution >= 4 is 44.0 Å². The van der Waals surface area contributed by atoms with Gasteiger partial charge in [0.1, 0.15) is 6.04 Å². The summed E-state index contributed by atoms with van der Waals surface area (Å²) in [5, 5.41) is 4.35. The number of carbonyl (C=O) groups excluding carboxylic acids is 2. The van der Waals surface area contributed by atoms with Crippen LogP contribution in [0.15, 0.2) is 65.6 Å². The highest BCUT2D eigenvalue weighted by atomic mass is 32.2. The topological polar surface area (TPSA) is 96.0 Å². The van der Waals surface area contributed by atoms with Gasteiger partial charge in [-0.1, -0.05) is 48.9 Å². The van der Waals surface area contributed by atoms with E-state index in [0.29, 0.717) is 43.3 Å². The normalized spacial score (nSPS) is 14.9. The lowest BCUT2D eigenvalue weighted by atomic mass is 10.1. The Morgan fingerprint density at radius 1 is 0.973 bits per heavy atom. The lowest BCUT2D eigenvalue weighted by Crippen LogP contribution is -2.48. The highest BCUT2D eigenvalue weighted by molar-refractivity contribution is 7.93. The number of methoxy groups -OCH3 is 1. The lowest BCUT2D eigenvalue weighted by Gasteiger charge is -2.27. The van der Waals surface area contributed by atoms with Crippen molar-refractivity contribution in [3.8, 4) is 0 Å². The zero-order valence-electron chi connectivity index (χ0n) is 21.4. The van der Waals surface area contributed by atoms with Crippen molar-refractivity contribution < 1.29 is 22.7 Å². The second-order valence-corrected chi connectivity index (χ2v) is 11.1. The number of fused-ring (bicyclic) bond motifs is 2. The van der Waals surface area contributed by atoms with Crippen LogP contribution >= 0.6 is 0 Å². The number of hydrogen-bond donors (Lipinski definition) is 1. The number of rotatable bonds is 10. The fraction of sp³-hybridized carbons (Fsp3) is 0.357. The van der Waals surface area contributed by atoms with Crippen LogP contribution in [0.2, 0.25) is 0 Å². The Hall–Kier alpha value is -3.59. The third kappa shape index (κ3) is 5.41. The van der Waals surface area contributed by atoms with Crippen molar-refractivity contribution in [2.75, 3.05) is 37.0 Å². The SMILES string of the molecule is COC(=O)CCCCCNC(=O)C1Cc2ccccc2N1S(=O)(=O)c1cccc2c(N(C)C)cccc12. The molecule has 1 aliphatic heterocycles. The van der Waals surface area contributed by atoms with Crippen LogP contribution in [-0.2, 0) is 30.8 Å². The van der Waals surface area contributed by atoms with Gasteiger partial charge in [-0.15, -0.1) is 0 Å². The summed E-state index contributed by atoms with van der Waals surface area (Å²) in [4.78, 5) is 26.7. The monoisotopic (exact) mass is 523 g/mol. The average Bonchev–Trinajstić information content (AvgIpc) is 3.30. The van der Waals surface area contributed by atoms with Crippen LogP contribution < -0.4 is 14.5 Å². The molecule has 0 fully saturated rings. The maximum atomic E-state index is 14.2. The van der Waals surface area contributed by atoms with Crippen molar-refractivity contribution in [1.82, 2.24) is 5.32 Å². The average molecular weight is 524 g/mol. The Morgan fingerprint density at radius 3 is 2.46 bits per heavy atom. The molecule has 8 nitrogen and oxygen atoms in total. The molecule has 0 aliphatic carbocycles. The third-order valence-electron chi connectivity index (χ3n) is 6.69. The van der Waals surface area contributed by atoms with Gasteiger partial charge in [-0.2, -0.15) is 0 Å². The molecule has 9 heteroatoms. The van der Waals surface area contributed by atoms with E-state index in [4.69, 9.17) is 0 Å². The number of ether oxygens (including phenoxy) is 1. The molecule has 1 amide bonds. The molecule has 196 valence electrons. The molecule has 1 N–H and O–H groups in total. The third-order valence-corrected chi connectivity index (χ3v) is 8.57. The summed E-state index contributed by atoms with van der Waals surface area (Å²) in [6.45, 7) is 0.404. The number of unbranched alkanes of at least 4 members (excludes halogenated alkanes) is 2. The molecule has 1 heterocycles. The molecule has 0 bridgehead atoms. The molecule has 0 saturated carbocycles. The minimum absolute atomic E-state index is 0.172. The van der Waals surface area contributed by atoms with Gasteiger partial charge in [0.15, 0.2) is 0 Å². The Kier molecular flexibility index (Phi) is 8.02. The van der Waals surface area contributed by atoms with Gasteiger partial charge >= 0.3 is 5.97 Å². The number of amides is 1. The quantitative estimate of drug-likeness (QED) is 0.320. The van der Waals surface area contributed by atoms with Gasteiger partial charge in [-0.3, -0.25) is 13.9 Å². The predicted octanol–water partition coefficient (Wildman–Crippen LogP) is 3.88. The highest BCUT2D eigenvalue weighted by Crippen LogP contribution is 2.39. The molecule has 1 aliphatic rings. The van der Waals surface area contributed by atoms with Gasteiger partial charge in [-0.05, 0) is 36.6 Å². The van der Waals surface area contributed by atoms with Gasteiger partial charge in [0.05, 0.1) is 17.7 Å². The fourth-order valence-electron chi connectivity index (χ4n) is 4.84. The standard InChI is InChI=1S/C28H33N3O5S/c1-30(2)24-15-9-13-22-21(24)12-10-16-26(22)37(34,35)31-23-14-7-6-11-20(23)19-25(31)28(33)29-18-8-4-5-17-27(32)36-3/h6-7,9-16,25H,4-5,8,17-19H2,1-3H3,(H,29,33). The molecule has 1 unspecified atom stereocenters. The summed E-state index contributed by atoms with van der Waals surface area (Å²) in [5.41, 5.74) is 2.26. The summed E-state index contributed by atoms with van der Waals surface area (Å²) in [5.74, 6) is -0.582. The summed E-state index contributed by atoms with van der Waals surface area (Å²) in [6.07, 6.45) is 2.76. The van der Waals surface area contributed by atoms with Crippen LogP contribution in [0.25, 0.3) is 10.8 Å². The van der Waals surface area contributed by atoms with E-state index in [1.54, 1.807) is 30.3 Å². The zero-order chi connectivity index (χ0) is 26.6. The molecule has 0 saturated heterocycles. The van der Waals surface area contributed by atoms with E-state index in [1.165, 1.54) is 11.4 Å². The van der Waals surface area contributed by atoms with Gasteiger partial charge in [0, 0.05) is 49.9 Å². The minimum atomic E-state index is -4.06. The van der Waals surface area contributed by atoms with Crippen LogP contribution in [0.3, 0.4) is 0 Å². The molecular formula is C28H33N3O5S. The molecule has 0 spiro atoms. The van der Waals surface area contributed by atoms with E-state index in [-0.39, 0.29) is 16.8 Å². The van der Waals surface area contributed by atoms with E-state index < -0.39 is 16.1 Å². The van der Waals surface area contributed by atoms with Crippen molar-refractivity contribution in [2.24, 2.45) is 0 Å². The van der Waals surface area contributed by atoms with Crippen molar-refractivity contribution in [1.29, 1.82) is 0 Å². The van der Waals surface area contributed by atoms with Gasteiger partial charge in [-0.25, -0.2) is 8.42 Å². The first-order chi connectivity index (χ1) is 17.8. The maximum Gasteiger partial charge on any atom is 0.305 e. The van der Waals surface area contributed by atoms with E-state index in [9.17, 15) is 18.0 Å². The minimum Gasteiger partial charge on any atom is -0.469 e. The molecule has 3 aromatic rings. The Labute approximate surface area is 218 Å². The van der Waals surface area contributed by atoms with Crippen LogP contribution in [0, 0.1) is 0 Å². The van der Waals surface area contributed by atoms with Crippen molar-refractivity contribution in [3.05, 3.63) is 66.2 Å². The molecule has 37 heavy (non-hydrogen) atoms. The number of sulfonamides is 1. The molecular weight excluding hydrogens is 490 g/mol. The maximum absolute atomic E-state index is 14.2. The van der Waals surface area contributed by atoms with Gasteiger partial charge < -0.3 is 15.0 Å². The predicted molar refractivity (Wildman–Crippen MR) is 145 cm³/mol. The fourth-order valence-corrected chi connectivity index (χ4v) is 6.70. The summed E-state index contributed by atoms with van der Waals surface area (Å²) >= 11 is 0. The van der Waals surface area contributed by atoms with Crippen LogP contribution in [-0.4, -0.2) is 54.1 Å². The van der Waals surface area contributed by atoms with E-state index in [2.05, 4.69) is 10.1 Å². The van der Waals surface area contributed by atoms with Crippen LogP contribution in [0.5, 0.6) is 0 Å². The summed E-state index contributed by atoms with van der Waals surface area (Å²) in [6, 6.07) is 17.2. The number of anilines is 2. The first-order valence-electron chi connectivity index (χ1n) is 12.4. The van der Waals surface area contributed by atoms with E-state index >= 15 is 0 Å². The van der Waals surface area contributed by atoms with Gasteiger partial charge in [0.25, 0.3) is 10.0 Å². The molecule has 0 radical (unpaired) electrons. The smallest absolute Gasteiger partial charge is 0.305 e. The number of carbonyl (C=O) groups is 2. The molecule has 4 rings (SSSR count). The summed E-state index contributed by atoms with van der Waals surface area (Å²) < 4.78 is 34.3. The number of hydrogen-bond acceptors (Lipinski definition) is 6. The number of nitrogens with one attached hydrogen (secondary N) is 1. The van der Waals surface area contributed by atoms with Crippen molar-refractivity contribution in [3.63, 3.8) is 0 Å². The number of nitrogens with zero attached hydrogens (tertiary/aromatic N) is 2. The van der Waals surface area contributed by atoms with E-state index in [0.717, 1.165) is 23.1 Å². The largest absolute Gasteiger partial charge is 0.469 e. The Morgan fingerprint density at radius 2 is 1.70 bits per heavy atom. The van der Waals surface area contributed by atoms with E-state index in [1.807, 2.05) is 49.3 Å². The first kappa shape index (κ1) is 26.5. The molecule has 3 aromatic carbocycles. The van der Waals surface area contributed by atoms with Crippen LogP contribution in [0.4, 0.5) is 11.4 Å². The number of esters is 1. The Balaban J connectivity index is 1.61. The van der Waals surface area contributed by atoms with Crippen molar-refractivity contribution in [2.45, 2.75) is 43.0 Å². The number of para-hydroxylation sites is 1. The Bertz CT molecular complexity index is 1400. The number of benzene rings is 3. The second kappa shape index (κ2) is 11.2. The molecule has 0 aromatic heterocycles. The first-order valence-corrected chi connectivity index (χ1v) is 13.9. The van der Waals surface area contributed by atoms with Gasteiger partial charge in [0.2, 0.25) is 5.91 Å².